The van der Waals surface area contributed by atoms with Crippen LogP contribution >= 0.6 is 11.3 Å². The maximum atomic E-state index is 13.9. The van der Waals surface area contributed by atoms with Crippen molar-refractivity contribution in [2.24, 2.45) is 29.4 Å². The second kappa shape index (κ2) is 14.1. The molecule has 3 rings (SSSR count). The van der Waals surface area contributed by atoms with E-state index in [4.69, 9.17) is 10.5 Å². The van der Waals surface area contributed by atoms with Gasteiger partial charge in [-0.05, 0) is 62.5 Å². The zero-order valence-electron chi connectivity index (χ0n) is 25.4. The predicted molar refractivity (Wildman–Crippen MR) is 165 cm³/mol. The Kier molecular flexibility index (Phi) is 11.0. The number of rotatable bonds is 2. The Morgan fingerprint density at radius 3 is 2.38 bits per heavy atom. The van der Waals surface area contributed by atoms with Crippen LogP contribution in [0.25, 0.3) is 5.57 Å². The van der Waals surface area contributed by atoms with Gasteiger partial charge in [-0.15, -0.1) is 11.3 Å². The molecule has 0 fully saturated rings. The number of thiophene rings is 1. The smallest absolute Gasteiger partial charge is 0.405 e. The van der Waals surface area contributed by atoms with E-state index in [9.17, 15) is 24.3 Å². The van der Waals surface area contributed by atoms with Crippen LogP contribution in [0.4, 0.5) is 4.79 Å². The Hall–Kier alpha value is -3.56. The van der Waals surface area contributed by atoms with Crippen molar-refractivity contribution in [2.75, 3.05) is 0 Å². The molecule has 1 aliphatic carbocycles. The molecule has 4 N–H and O–H groups in total. The second-order valence-electron chi connectivity index (χ2n) is 11.7. The normalized spacial score (nSPS) is 32.0. The van der Waals surface area contributed by atoms with Crippen molar-refractivity contribution in [1.82, 2.24) is 5.32 Å². The molecule has 0 saturated heterocycles. The molecule has 2 bridgehead atoms. The fourth-order valence-corrected chi connectivity index (χ4v) is 6.50. The first-order valence-corrected chi connectivity index (χ1v) is 15.2. The van der Waals surface area contributed by atoms with Gasteiger partial charge in [-0.1, -0.05) is 58.1 Å². The number of ketones is 2. The highest BCUT2D eigenvalue weighted by Gasteiger charge is 2.36. The highest BCUT2D eigenvalue weighted by Crippen LogP contribution is 2.36. The molecule has 9 heteroatoms. The summed E-state index contributed by atoms with van der Waals surface area (Å²) in [7, 11) is 0. The third-order valence-corrected chi connectivity index (χ3v) is 8.93. The molecule has 1 aliphatic heterocycles. The van der Waals surface area contributed by atoms with Crippen molar-refractivity contribution in [2.45, 2.75) is 73.5 Å². The number of hydrogen-bond donors (Lipinski definition) is 3. The summed E-state index contributed by atoms with van der Waals surface area (Å²) in [5.74, 6) is -1.87. The summed E-state index contributed by atoms with van der Waals surface area (Å²) in [5, 5.41) is 15.7. The third-order valence-electron chi connectivity index (χ3n) is 8.04. The minimum Gasteiger partial charge on any atom is -0.441 e. The number of fused-ring (bicyclic) bond motifs is 2. The van der Waals surface area contributed by atoms with E-state index >= 15 is 0 Å². The number of hydrogen-bond acceptors (Lipinski definition) is 7. The van der Waals surface area contributed by atoms with Gasteiger partial charge < -0.3 is 20.9 Å². The van der Waals surface area contributed by atoms with E-state index < -0.39 is 24.2 Å². The molecular formula is C33H42N2O6S. The molecule has 6 atom stereocenters. The minimum absolute atomic E-state index is 0.0142. The van der Waals surface area contributed by atoms with E-state index in [2.05, 4.69) is 5.32 Å². The maximum Gasteiger partial charge on any atom is 0.405 e. The number of allylic oxidation sites excluding steroid dienone is 5. The molecule has 2 amide bonds. The van der Waals surface area contributed by atoms with Crippen LogP contribution in [0.15, 0.2) is 69.8 Å². The van der Waals surface area contributed by atoms with Crippen LogP contribution in [0, 0.1) is 23.7 Å². The minimum atomic E-state index is -0.905. The van der Waals surface area contributed by atoms with Crippen molar-refractivity contribution in [1.29, 1.82) is 0 Å². The van der Waals surface area contributed by atoms with E-state index in [1.165, 1.54) is 11.3 Å². The van der Waals surface area contributed by atoms with Gasteiger partial charge >= 0.3 is 6.09 Å². The number of nitrogens with one attached hydrogen (secondary N) is 1. The number of amides is 2. The first kappa shape index (κ1) is 32.9. The number of carbonyl (C=O) groups excluding carboxylic acids is 4. The number of aliphatic hydroxyl groups excluding tert-OH is 1. The molecule has 1 aromatic heterocycles. The molecule has 42 heavy (non-hydrogen) atoms. The molecule has 8 nitrogen and oxygen atoms in total. The Labute approximate surface area is 252 Å². The Morgan fingerprint density at radius 2 is 1.76 bits per heavy atom. The van der Waals surface area contributed by atoms with Crippen LogP contribution in [-0.2, 0) is 19.1 Å². The highest BCUT2D eigenvalue weighted by atomic mass is 32.1. The maximum absolute atomic E-state index is 13.9. The van der Waals surface area contributed by atoms with E-state index in [-0.39, 0.29) is 46.5 Å². The van der Waals surface area contributed by atoms with Gasteiger partial charge in [-0.2, -0.15) is 0 Å². The lowest BCUT2D eigenvalue weighted by molar-refractivity contribution is -0.119. The number of Topliss-reactive ketones (excluding diaryl/α,β-unsaturated/α-hetero) is 2. The fourth-order valence-electron chi connectivity index (χ4n) is 5.73. The summed E-state index contributed by atoms with van der Waals surface area (Å²) in [6.45, 7) is 12.8. The average molecular weight is 595 g/mol. The second-order valence-corrected chi connectivity index (χ2v) is 12.6. The van der Waals surface area contributed by atoms with Gasteiger partial charge in [0.25, 0.3) is 5.91 Å². The van der Waals surface area contributed by atoms with Crippen LogP contribution < -0.4 is 11.1 Å². The first-order chi connectivity index (χ1) is 19.7. The fraction of sp³-hybridized carbons (Fsp3) is 0.455. The standard InChI is InChI=1S/C33H42N2O6S/c1-17-14-20(4)28(36)21(5)16-22(6)31(41-33(34)40)18(2)10-8-11-19(3)32(39)35-27-26(25-12-9-13-42-25)29(37)23(7)24(15-17)30(27)38/h8-13,16-18,20-21,28,31,36H,14-15H2,1-7H3,(H2,34,40)(H,35,39)/b10-8-,19-11+,22-16+/t17-,18-,20-,21-,28-,31+/m0/s1. The lowest BCUT2D eigenvalue weighted by Gasteiger charge is -2.29. The molecule has 0 radical (unpaired) electrons. The third kappa shape index (κ3) is 7.63. The van der Waals surface area contributed by atoms with E-state index in [0.29, 0.717) is 34.4 Å². The zero-order valence-corrected chi connectivity index (χ0v) is 26.2. The van der Waals surface area contributed by atoms with Gasteiger partial charge in [-0.25, -0.2) is 4.79 Å². The summed E-state index contributed by atoms with van der Waals surface area (Å²) in [6, 6.07) is 3.56. The van der Waals surface area contributed by atoms with Gasteiger partial charge in [-0.3, -0.25) is 14.4 Å². The molecule has 2 aliphatic rings. The SMILES string of the molecule is CC1=C2C[C@@H](C)C[C@H](C)[C@H](O)[C@@H](C)/C=C(\C)[C@H](OC(N)=O)[C@@H](C)/C=C\C=C(/C)C(=O)NC(=C(c3cccs3)C1=O)C2=O. The number of carbonyl (C=O) groups is 4. The van der Waals surface area contributed by atoms with Crippen LogP contribution in [0.3, 0.4) is 0 Å². The van der Waals surface area contributed by atoms with Gasteiger partial charge in [0.1, 0.15) is 11.8 Å². The molecule has 0 saturated carbocycles. The Morgan fingerprint density at radius 1 is 1.07 bits per heavy atom. The van der Waals surface area contributed by atoms with Crippen LogP contribution in [0.2, 0.25) is 0 Å². The van der Waals surface area contributed by atoms with E-state index in [1.54, 1.807) is 44.2 Å². The Bertz CT molecular complexity index is 1380. The molecule has 0 aromatic carbocycles. The predicted octanol–water partition coefficient (Wildman–Crippen LogP) is 5.66. The molecule has 2 heterocycles. The van der Waals surface area contributed by atoms with Crippen LogP contribution in [0.1, 0.15) is 66.2 Å². The summed E-state index contributed by atoms with van der Waals surface area (Å²) >= 11 is 1.33. The van der Waals surface area contributed by atoms with Crippen molar-refractivity contribution < 1.29 is 29.0 Å². The summed E-state index contributed by atoms with van der Waals surface area (Å²) in [4.78, 5) is 53.1. The monoisotopic (exact) mass is 594 g/mol. The van der Waals surface area contributed by atoms with Gasteiger partial charge in [0.15, 0.2) is 5.78 Å². The molecular weight excluding hydrogens is 552 g/mol. The topological polar surface area (TPSA) is 136 Å². The van der Waals surface area contributed by atoms with Crippen molar-refractivity contribution in [3.05, 3.63) is 74.7 Å². The average Bonchev–Trinajstić information content (AvgIpc) is 3.45. The number of nitrogens with two attached hydrogens (primary N) is 1. The van der Waals surface area contributed by atoms with Crippen molar-refractivity contribution in [3.63, 3.8) is 0 Å². The number of ether oxygens (including phenoxy) is 1. The first-order valence-electron chi connectivity index (χ1n) is 14.3. The highest BCUT2D eigenvalue weighted by molar-refractivity contribution is 7.11. The van der Waals surface area contributed by atoms with E-state index in [1.807, 2.05) is 46.1 Å². The zero-order chi connectivity index (χ0) is 31.3. The summed E-state index contributed by atoms with van der Waals surface area (Å²) < 4.78 is 5.43. The molecule has 0 unspecified atom stereocenters. The largest absolute Gasteiger partial charge is 0.441 e. The van der Waals surface area contributed by atoms with Crippen LogP contribution in [-0.4, -0.2) is 40.9 Å². The van der Waals surface area contributed by atoms with Crippen molar-refractivity contribution >= 4 is 40.5 Å². The molecule has 226 valence electrons. The lowest BCUT2D eigenvalue weighted by Crippen LogP contribution is -2.35. The Balaban J connectivity index is 2.11. The van der Waals surface area contributed by atoms with Gasteiger partial charge in [0, 0.05) is 33.4 Å². The lowest BCUT2D eigenvalue weighted by atomic mass is 9.79. The van der Waals surface area contributed by atoms with E-state index in [0.717, 1.165) is 5.57 Å². The van der Waals surface area contributed by atoms with Gasteiger partial charge in [0.05, 0.1) is 11.7 Å². The van der Waals surface area contributed by atoms with Crippen LogP contribution in [0.5, 0.6) is 0 Å². The summed E-state index contributed by atoms with van der Waals surface area (Å²) in [6.07, 6.45) is 5.62. The molecule has 0 spiro atoms. The number of primary amides is 1. The molecule has 1 aromatic rings. The summed E-state index contributed by atoms with van der Waals surface area (Å²) in [5.41, 5.74) is 7.39. The number of aliphatic hydroxyl groups is 1. The van der Waals surface area contributed by atoms with Crippen molar-refractivity contribution in [3.8, 4) is 0 Å². The van der Waals surface area contributed by atoms with Gasteiger partial charge in [0.2, 0.25) is 5.78 Å². The quantitative estimate of drug-likeness (QED) is 0.299.